The van der Waals surface area contributed by atoms with Crippen LogP contribution in [-0.4, -0.2) is 44.3 Å². The van der Waals surface area contributed by atoms with E-state index in [4.69, 9.17) is 16.3 Å². The molecule has 0 aromatic heterocycles. The maximum Gasteiger partial charge on any atom is 0.339 e. The summed E-state index contributed by atoms with van der Waals surface area (Å²) in [6.07, 6.45) is -0.205. The highest BCUT2D eigenvalue weighted by Crippen LogP contribution is 2.22. The van der Waals surface area contributed by atoms with Crippen molar-refractivity contribution >= 4 is 41.6 Å². The van der Waals surface area contributed by atoms with Crippen molar-refractivity contribution in [2.24, 2.45) is 0 Å². The van der Waals surface area contributed by atoms with Crippen molar-refractivity contribution in [2.45, 2.75) is 19.1 Å². The first-order valence-corrected chi connectivity index (χ1v) is 6.94. The Morgan fingerprint density at radius 1 is 1.45 bits per heavy atom. The second-order valence-corrected chi connectivity index (χ2v) is 5.09. The number of esters is 1. The summed E-state index contributed by atoms with van der Waals surface area (Å²) >= 11 is 6.01. The average molecular weight is 349 g/mol. The fourth-order valence-electron chi connectivity index (χ4n) is 2.12. The number of methoxy groups -OCH3 is 1. The van der Waals surface area contributed by atoms with Crippen LogP contribution in [0.3, 0.4) is 0 Å². The first-order valence-electron chi connectivity index (χ1n) is 6.56. The summed E-state index contributed by atoms with van der Waals surface area (Å²) in [4.78, 5) is 23.6. The third-order valence-electron chi connectivity index (χ3n) is 3.24. The van der Waals surface area contributed by atoms with E-state index in [0.717, 1.165) is 0 Å². The Morgan fingerprint density at radius 3 is 2.77 bits per heavy atom. The molecule has 0 spiro atoms. The van der Waals surface area contributed by atoms with Crippen LogP contribution in [0.15, 0.2) is 18.2 Å². The standard InChI is InChI=1S/C14H17ClN2O4.ClH/c1-8-12(16-5-6-21-8)13(18)17-9-3-4-10(11(15)7-9)14(19)20-2;/h3-4,7-8,12,16H,5-6H2,1-2H3,(H,17,18);1H/t8-,12+;/m1./s1. The minimum Gasteiger partial charge on any atom is -0.465 e. The number of carbonyl (C=O) groups is 2. The zero-order valence-corrected chi connectivity index (χ0v) is 13.8. The smallest absolute Gasteiger partial charge is 0.339 e. The zero-order chi connectivity index (χ0) is 15.4. The third-order valence-corrected chi connectivity index (χ3v) is 3.55. The molecule has 0 bridgehead atoms. The Balaban J connectivity index is 0.00000242. The predicted molar refractivity (Wildman–Crippen MR) is 85.9 cm³/mol. The molecule has 1 fully saturated rings. The molecule has 2 atom stereocenters. The summed E-state index contributed by atoms with van der Waals surface area (Å²) in [5.74, 6) is -0.724. The van der Waals surface area contributed by atoms with Gasteiger partial charge in [-0.05, 0) is 25.1 Å². The Bertz CT molecular complexity index is 554. The molecule has 22 heavy (non-hydrogen) atoms. The van der Waals surface area contributed by atoms with E-state index < -0.39 is 12.0 Å². The van der Waals surface area contributed by atoms with Crippen molar-refractivity contribution in [1.29, 1.82) is 0 Å². The van der Waals surface area contributed by atoms with Gasteiger partial charge in [-0.3, -0.25) is 4.79 Å². The highest BCUT2D eigenvalue weighted by atomic mass is 35.5. The van der Waals surface area contributed by atoms with Crippen molar-refractivity contribution in [3.05, 3.63) is 28.8 Å². The van der Waals surface area contributed by atoms with Gasteiger partial charge in [0.15, 0.2) is 0 Å². The number of hydrogen-bond acceptors (Lipinski definition) is 5. The number of benzene rings is 1. The van der Waals surface area contributed by atoms with Crippen molar-refractivity contribution in [1.82, 2.24) is 5.32 Å². The minimum absolute atomic E-state index is 0. The summed E-state index contributed by atoms with van der Waals surface area (Å²) in [6.45, 7) is 3.05. The molecule has 0 unspecified atom stereocenters. The van der Waals surface area contributed by atoms with Gasteiger partial charge in [0.05, 0.1) is 30.4 Å². The van der Waals surface area contributed by atoms with Crippen molar-refractivity contribution in [2.75, 3.05) is 25.6 Å². The van der Waals surface area contributed by atoms with Crippen molar-refractivity contribution < 1.29 is 19.1 Å². The maximum absolute atomic E-state index is 12.2. The summed E-state index contributed by atoms with van der Waals surface area (Å²) in [5.41, 5.74) is 0.766. The topological polar surface area (TPSA) is 76.7 Å². The third kappa shape index (κ3) is 4.33. The number of ether oxygens (including phenoxy) is 2. The quantitative estimate of drug-likeness (QED) is 0.815. The number of nitrogens with one attached hydrogen (secondary N) is 2. The molecule has 2 rings (SSSR count). The molecule has 0 saturated carbocycles. The molecule has 1 amide bonds. The molecule has 1 aromatic rings. The van der Waals surface area contributed by atoms with Gasteiger partial charge in [-0.1, -0.05) is 11.6 Å². The molecule has 1 aliphatic rings. The van der Waals surface area contributed by atoms with E-state index in [9.17, 15) is 9.59 Å². The monoisotopic (exact) mass is 348 g/mol. The summed E-state index contributed by atoms with van der Waals surface area (Å²) in [6, 6.07) is 4.21. The molecule has 1 aromatic carbocycles. The number of halogens is 2. The van der Waals surface area contributed by atoms with Crippen LogP contribution in [0.5, 0.6) is 0 Å². The molecule has 122 valence electrons. The lowest BCUT2D eigenvalue weighted by molar-refractivity contribution is -0.123. The highest BCUT2D eigenvalue weighted by Gasteiger charge is 2.28. The van der Waals surface area contributed by atoms with Crippen LogP contribution < -0.4 is 10.6 Å². The number of amides is 1. The van der Waals surface area contributed by atoms with Crippen LogP contribution in [-0.2, 0) is 14.3 Å². The molecule has 8 heteroatoms. The van der Waals surface area contributed by atoms with Gasteiger partial charge in [0.2, 0.25) is 5.91 Å². The Hall–Kier alpha value is -1.34. The fourth-order valence-corrected chi connectivity index (χ4v) is 2.37. The number of anilines is 1. The van der Waals surface area contributed by atoms with Crippen LogP contribution in [0.2, 0.25) is 5.02 Å². The summed E-state index contributed by atoms with van der Waals surface area (Å²) in [5, 5.41) is 6.07. The van der Waals surface area contributed by atoms with Gasteiger partial charge in [-0.2, -0.15) is 0 Å². The van der Waals surface area contributed by atoms with E-state index in [1.807, 2.05) is 6.92 Å². The Morgan fingerprint density at radius 2 is 2.18 bits per heavy atom. The molecule has 0 radical (unpaired) electrons. The van der Waals surface area contributed by atoms with Gasteiger partial charge >= 0.3 is 5.97 Å². The first kappa shape index (κ1) is 18.7. The van der Waals surface area contributed by atoms with E-state index in [0.29, 0.717) is 18.8 Å². The normalized spacial score (nSPS) is 20.7. The number of morpholine rings is 1. The Labute approximate surface area is 139 Å². The van der Waals surface area contributed by atoms with E-state index >= 15 is 0 Å². The second kappa shape index (κ2) is 8.33. The van der Waals surface area contributed by atoms with Gasteiger partial charge < -0.3 is 20.1 Å². The van der Waals surface area contributed by atoms with Crippen LogP contribution in [0, 0.1) is 0 Å². The fraction of sp³-hybridized carbons (Fsp3) is 0.429. The number of carbonyl (C=O) groups excluding carboxylic acids is 2. The second-order valence-electron chi connectivity index (χ2n) is 4.68. The zero-order valence-electron chi connectivity index (χ0n) is 12.2. The van der Waals surface area contributed by atoms with Crippen LogP contribution >= 0.6 is 24.0 Å². The molecule has 0 aliphatic carbocycles. The molecule has 1 aliphatic heterocycles. The van der Waals surface area contributed by atoms with Crippen LogP contribution in [0.1, 0.15) is 17.3 Å². The average Bonchev–Trinajstić information content (AvgIpc) is 2.47. The van der Waals surface area contributed by atoms with Crippen molar-refractivity contribution in [3.8, 4) is 0 Å². The van der Waals surface area contributed by atoms with E-state index in [1.54, 1.807) is 6.07 Å². The van der Waals surface area contributed by atoms with E-state index in [2.05, 4.69) is 15.4 Å². The molecular formula is C14H18Cl2N2O4. The molecule has 1 saturated heterocycles. The largest absolute Gasteiger partial charge is 0.465 e. The molecular weight excluding hydrogens is 331 g/mol. The lowest BCUT2D eigenvalue weighted by Crippen LogP contribution is -2.53. The predicted octanol–water partition coefficient (Wildman–Crippen LogP) is 1.86. The van der Waals surface area contributed by atoms with E-state index in [-0.39, 0.29) is 35.0 Å². The van der Waals surface area contributed by atoms with Gasteiger partial charge in [0.1, 0.15) is 6.04 Å². The minimum atomic E-state index is -0.520. The van der Waals surface area contributed by atoms with Crippen LogP contribution in [0.4, 0.5) is 5.69 Å². The van der Waals surface area contributed by atoms with E-state index in [1.165, 1.54) is 19.2 Å². The van der Waals surface area contributed by atoms with Crippen molar-refractivity contribution in [3.63, 3.8) is 0 Å². The van der Waals surface area contributed by atoms with Crippen LogP contribution in [0.25, 0.3) is 0 Å². The van der Waals surface area contributed by atoms with Gasteiger partial charge in [-0.15, -0.1) is 12.4 Å². The van der Waals surface area contributed by atoms with Gasteiger partial charge in [-0.25, -0.2) is 4.79 Å². The van der Waals surface area contributed by atoms with Gasteiger partial charge in [0.25, 0.3) is 0 Å². The summed E-state index contributed by atoms with van der Waals surface area (Å²) < 4.78 is 10.0. The highest BCUT2D eigenvalue weighted by molar-refractivity contribution is 6.34. The maximum atomic E-state index is 12.2. The lowest BCUT2D eigenvalue weighted by atomic mass is 10.1. The molecule has 1 heterocycles. The Kier molecular flexibility index (Phi) is 7.09. The molecule has 2 N–H and O–H groups in total. The van der Waals surface area contributed by atoms with Gasteiger partial charge in [0, 0.05) is 12.2 Å². The lowest BCUT2D eigenvalue weighted by Gasteiger charge is -2.29. The molecule has 6 nitrogen and oxygen atoms in total. The SMILES string of the molecule is COC(=O)c1ccc(NC(=O)[C@H]2NCCO[C@@H]2C)cc1Cl.Cl. The number of rotatable bonds is 3. The summed E-state index contributed by atoms with van der Waals surface area (Å²) in [7, 11) is 1.28. The number of hydrogen-bond donors (Lipinski definition) is 2. The first-order chi connectivity index (χ1) is 10.0.